The Hall–Kier alpha value is -2.41. The summed E-state index contributed by atoms with van der Waals surface area (Å²) in [6, 6.07) is 10.6. The molecule has 1 heterocycles. The van der Waals surface area contributed by atoms with Crippen molar-refractivity contribution in [1.82, 2.24) is 5.43 Å². The van der Waals surface area contributed by atoms with Gasteiger partial charge in [-0.1, -0.05) is 32.9 Å². The number of rotatable bonds is 5. The predicted octanol–water partition coefficient (Wildman–Crippen LogP) is 5.99. The van der Waals surface area contributed by atoms with E-state index in [-0.39, 0.29) is 23.5 Å². The molecule has 0 unspecified atom stereocenters. The lowest BCUT2D eigenvalue weighted by atomic mass is 9.70. The summed E-state index contributed by atoms with van der Waals surface area (Å²) in [6.45, 7) is 8.66. The molecule has 6 nitrogen and oxygen atoms in total. The summed E-state index contributed by atoms with van der Waals surface area (Å²) in [5.41, 5.74) is 5.14. The van der Waals surface area contributed by atoms with Crippen LogP contribution in [0.15, 0.2) is 50.6 Å². The summed E-state index contributed by atoms with van der Waals surface area (Å²) < 4.78 is 5.77. The van der Waals surface area contributed by atoms with Crippen LogP contribution in [0.1, 0.15) is 69.5 Å². The number of hydrazone groups is 1. The van der Waals surface area contributed by atoms with Crippen molar-refractivity contribution in [2.75, 3.05) is 5.32 Å². The van der Waals surface area contributed by atoms with E-state index in [9.17, 15) is 9.59 Å². The highest BCUT2D eigenvalue weighted by atomic mass is 79.9. The highest BCUT2D eigenvalue weighted by molar-refractivity contribution is 9.10. The molecular weight excluding hydrogens is 458 g/mol. The maximum absolute atomic E-state index is 12.6. The maximum atomic E-state index is 12.6. The molecule has 0 atom stereocenters. The molecule has 1 aliphatic rings. The lowest BCUT2D eigenvalue weighted by molar-refractivity contribution is -0.126. The number of benzene rings is 1. The fourth-order valence-electron chi connectivity index (χ4n) is 3.97. The third kappa shape index (κ3) is 6.29. The molecule has 166 valence electrons. The third-order valence-electron chi connectivity index (χ3n) is 5.99. The Morgan fingerprint density at radius 2 is 1.81 bits per heavy atom. The molecule has 7 heteroatoms. The minimum atomic E-state index is -0.336. The van der Waals surface area contributed by atoms with Crippen LogP contribution in [0.2, 0.25) is 0 Å². The average molecular weight is 488 g/mol. The molecule has 2 aromatic rings. The summed E-state index contributed by atoms with van der Waals surface area (Å²) in [6.07, 6.45) is 3.98. The molecule has 3 rings (SSSR count). The first-order valence-corrected chi connectivity index (χ1v) is 11.4. The molecule has 1 aromatic carbocycles. The van der Waals surface area contributed by atoms with Crippen molar-refractivity contribution in [3.63, 3.8) is 0 Å². The van der Waals surface area contributed by atoms with Crippen LogP contribution < -0.4 is 10.7 Å². The fraction of sp³-hybridized carbons (Fsp3) is 0.458. The number of hydrogen-bond acceptors (Lipinski definition) is 4. The van der Waals surface area contributed by atoms with Crippen molar-refractivity contribution in [3.8, 4) is 0 Å². The third-order valence-corrected chi connectivity index (χ3v) is 6.42. The standard InChI is InChI=1S/C24H30BrN3O3/c1-15(27-28-22(29)16-8-10-18(11-9-16)24(2,3)4)17-6-5-7-19(14-17)26-23(30)20-12-13-21(25)31-20/h5-7,12-14,16,18H,8-11H2,1-4H3,(H,26,30)(H,28,29). The second kappa shape index (κ2) is 9.81. The number of carbonyl (C=O) groups is 2. The van der Waals surface area contributed by atoms with Crippen molar-refractivity contribution in [2.45, 2.75) is 53.4 Å². The first-order chi connectivity index (χ1) is 14.6. The summed E-state index contributed by atoms with van der Waals surface area (Å²) in [5, 5.41) is 7.10. The molecule has 1 fully saturated rings. The number of anilines is 1. The highest BCUT2D eigenvalue weighted by Gasteiger charge is 2.32. The van der Waals surface area contributed by atoms with Crippen LogP contribution in [0.25, 0.3) is 0 Å². The molecule has 1 aliphatic carbocycles. The van der Waals surface area contributed by atoms with Crippen LogP contribution in [0, 0.1) is 17.3 Å². The lowest BCUT2D eigenvalue weighted by Crippen LogP contribution is -2.33. The van der Waals surface area contributed by atoms with Crippen molar-refractivity contribution >= 4 is 39.1 Å². The number of carbonyl (C=O) groups excluding carboxylic acids is 2. The molecule has 0 radical (unpaired) electrons. The van der Waals surface area contributed by atoms with Gasteiger partial charge in [0.1, 0.15) is 0 Å². The molecule has 0 aliphatic heterocycles. The topological polar surface area (TPSA) is 83.7 Å². The summed E-state index contributed by atoms with van der Waals surface area (Å²) in [7, 11) is 0. The second-order valence-electron chi connectivity index (χ2n) is 9.23. The van der Waals surface area contributed by atoms with E-state index in [1.54, 1.807) is 18.2 Å². The van der Waals surface area contributed by atoms with Crippen LogP contribution in [-0.4, -0.2) is 17.5 Å². The van der Waals surface area contributed by atoms with Crippen LogP contribution in [0.3, 0.4) is 0 Å². The molecule has 1 saturated carbocycles. The van der Waals surface area contributed by atoms with Gasteiger partial charge in [0.25, 0.3) is 5.91 Å². The molecule has 0 spiro atoms. The largest absolute Gasteiger partial charge is 0.444 e. The van der Waals surface area contributed by atoms with E-state index in [1.165, 1.54) is 0 Å². The first-order valence-electron chi connectivity index (χ1n) is 10.6. The molecule has 31 heavy (non-hydrogen) atoms. The van der Waals surface area contributed by atoms with E-state index in [0.717, 1.165) is 31.2 Å². The minimum absolute atomic E-state index is 0.0143. The summed E-state index contributed by atoms with van der Waals surface area (Å²) in [5.74, 6) is 0.558. The molecule has 2 N–H and O–H groups in total. The summed E-state index contributed by atoms with van der Waals surface area (Å²) in [4.78, 5) is 24.8. The Labute approximate surface area is 192 Å². The van der Waals surface area contributed by atoms with E-state index in [0.29, 0.717) is 27.4 Å². The van der Waals surface area contributed by atoms with Gasteiger partial charge in [-0.25, -0.2) is 5.43 Å². The van der Waals surface area contributed by atoms with Gasteiger partial charge in [-0.05, 0) is 89.7 Å². The number of nitrogens with one attached hydrogen (secondary N) is 2. The maximum Gasteiger partial charge on any atom is 0.291 e. The number of furan rings is 1. The Morgan fingerprint density at radius 1 is 1.10 bits per heavy atom. The van der Waals surface area contributed by atoms with Gasteiger partial charge in [0.05, 0.1) is 5.71 Å². The zero-order valence-electron chi connectivity index (χ0n) is 18.5. The first kappa shape index (κ1) is 23.3. The van der Waals surface area contributed by atoms with Gasteiger partial charge in [-0.2, -0.15) is 5.10 Å². The van der Waals surface area contributed by atoms with Crippen LogP contribution in [0.4, 0.5) is 5.69 Å². The Balaban J connectivity index is 1.57. The minimum Gasteiger partial charge on any atom is -0.444 e. The van der Waals surface area contributed by atoms with E-state index >= 15 is 0 Å². The smallest absolute Gasteiger partial charge is 0.291 e. The summed E-state index contributed by atoms with van der Waals surface area (Å²) >= 11 is 3.19. The second-order valence-corrected chi connectivity index (χ2v) is 10.0. The van der Waals surface area contributed by atoms with Gasteiger partial charge in [0.15, 0.2) is 10.4 Å². The fourth-order valence-corrected chi connectivity index (χ4v) is 4.27. The van der Waals surface area contributed by atoms with Crippen molar-refractivity contribution in [2.24, 2.45) is 22.4 Å². The predicted molar refractivity (Wildman–Crippen MR) is 126 cm³/mol. The van der Waals surface area contributed by atoms with Crippen molar-refractivity contribution < 1.29 is 14.0 Å². The number of halogens is 1. The molecule has 2 amide bonds. The van der Waals surface area contributed by atoms with Crippen LogP contribution in [0.5, 0.6) is 0 Å². The number of hydrogen-bond donors (Lipinski definition) is 2. The van der Waals surface area contributed by atoms with E-state index in [4.69, 9.17) is 4.42 Å². The van der Waals surface area contributed by atoms with Gasteiger partial charge in [-0.15, -0.1) is 0 Å². The zero-order chi connectivity index (χ0) is 22.6. The Kier molecular flexibility index (Phi) is 7.36. The molecule has 0 saturated heterocycles. The molecule has 1 aromatic heterocycles. The van der Waals surface area contributed by atoms with Gasteiger partial charge in [0.2, 0.25) is 5.91 Å². The monoisotopic (exact) mass is 487 g/mol. The highest BCUT2D eigenvalue weighted by Crippen LogP contribution is 2.39. The van der Waals surface area contributed by atoms with Crippen LogP contribution in [-0.2, 0) is 4.79 Å². The van der Waals surface area contributed by atoms with E-state index in [1.807, 2.05) is 25.1 Å². The lowest BCUT2D eigenvalue weighted by Gasteiger charge is -2.36. The Bertz CT molecular complexity index is 966. The SMILES string of the molecule is CC(=NNC(=O)C1CCC(C(C)(C)C)CC1)c1cccc(NC(=O)c2ccc(Br)o2)c1. The van der Waals surface area contributed by atoms with E-state index < -0.39 is 0 Å². The number of nitrogens with zero attached hydrogens (tertiary/aromatic N) is 1. The quantitative estimate of drug-likeness (QED) is 0.401. The number of amides is 2. The zero-order valence-corrected chi connectivity index (χ0v) is 20.1. The average Bonchev–Trinajstić information content (AvgIpc) is 3.18. The normalized spacial score (nSPS) is 19.7. The van der Waals surface area contributed by atoms with Gasteiger partial charge < -0.3 is 9.73 Å². The van der Waals surface area contributed by atoms with Gasteiger partial charge in [0, 0.05) is 11.6 Å². The van der Waals surface area contributed by atoms with Crippen molar-refractivity contribution in [3.05, 3.63) is 52.4 Å². The van der Waals surface area contributed by atoms with Crippen molar-refractivity contribution in [1.29, 1.82) is 0 Å². The molecular formula is C24H30BrN3O3. The van der Waals surface area contributed by atoms with Crippen LogP contribution >= 0.6 is 15.9 Å². The van der Waals surface area contributed by atoms with E-state index in [2.05, 4.69) is 52.5 Å². The van der Waals surface area contributed by atoms with Gasteiger partial charge >= 0.3 is 0 Å². The molecule has 0 bridgehead atoms. The van der Waals surface area contributed by atoms with Gasteiger partial charge in [-0.3, -0.25) is 9.59 Å². The Morgan fingerprint density at radius 3 is 2.42 bits per heavy atom.